The first-order valence-corrected chi connectivity index (χ1v) is 15.9. The highest BCUT2D eigenvalue weighted by atomic mass is 35.5. The molecule has 236 valence electrons. The molecule has 11 heteroatoms. The molecule has 1 N–H and O–H groups in total. The van der Waals surface area contributed by atoms with Crippen LogP contribution in [0, 0.1) is 41.2 Å². The summed E-state index contributed by atoms with van der Waals surface area (Å²) in [6, 6.07) is 9.23. The topological polar surface area (TPSA) is 85.5 Å². The minimum Gasteiger partial charge on any atom is -0.508 e. The van der Waals surface area contributed by atoms with Gasteiger partial charge < -0.3 is 14.7 Å². The minimum absolute atomic E-state index is 0.00666. The first-order valence-electron chi connectivity index (χ1n) is 15.5. The summed E-state index contributed by atoms with van der Waals surface area (Å²) in [6.07, 6.45) is 8.88. The van der Waals surface area contributed by atoms with Gasteiger partial charge in [-0.05, 0) is 73.9 Å². The van der Waals surface area contributed by atoms with E-state index in [1.807, 2.05) is 4.90 Å². The number of fused-ring (bicyclic) bond motifs is 3. The van der Waals surface area contributed by atoms with Crippen LogP contribution in [0.2, 0.25) is 5.02 Å². The standard InChI is InChI=1S/C35H31ClF3N5O2/c1-2-24-28(38)7-6-21-13-23(45)14-25(29(21)24)30-27(36)15-26-32(31(30)39)41-34(42-33(26)43-10-3-5-20(17-40)8-12-43)46-19-35-9-4-11-44(35)18-22(37)16-35/h1,6-7,13-15,20,22,45H,3-5,8-12,16,18-19H2/t20?,22-,35+/m1/s1. The van der Waals surface area contributed by atoms with Crippen molar-refractivity contribution in [2.45, 2.75) is 50.2 Å². The van der Waals surface area contributed by atoms with Crippen molar-refractivity contribution in [2.24, 2.45) is 5.92 Å². The van der Waals surface area contributed by atoms with Gasteiger partial charge in [-0.15, -0.1) is 6.42 Å². The summed E-state index contributed by atoms with van der Waals surface area (Å²) in [6.45, 7) is 2.38. The number of benzene rings is 3. The lowest BCUT2D eigenvalue weighted by atomic mass is 9.93. The predicted molar refractivity (Wildman–Crippen MR) is 171 cm³/mol. The highest BCUT2D eigenvalue weighted by molar-refractivity contribution is 6.35. The zero-order chi connectivity index (χ0) is 32.2. The third kappa shape index (κ3) is 5.14. The van der Waals surface area contributed by atoms with Crippen molar-refractivity contribution in [3.05, 3.63) is 52.6 Å². The van der Waals surface area contributed by atoms with E-state index in [1.54, 1.807) is 6.07 Å². The van der Waals surface area contributed by atoms with Crippen molar-refractivity contribution in [3.63, 3.8) is 0 Å². The summed E-state index contributed by atoms with van der Waals surface area (Å²) in [5, 5.41) is 21.1. The number of halogens is 4. The molecule has 3 atom stereocenters. The molecule has 3 aliphatic rings. The number of terminal acetylenes is 1. The lowest BCUT2D eigenvalue weighted by Crippen LogP contribution is -2.43. The van der Waals surface area contributed by atoms with Gasteiger partial charge in [0.05, 0.1) is 22.2 Å². The van der Waals surface area contributed by atoms with Gasteiger partial charge in [-0.3, -0.25) is 4.90 Å². The van der Waals surface area contributed by atoms with Crippen LogP contribution in [0.5, 0.6) is 11.8 Å². The Labute approximate surface area is 269 Å². The largest absolute Gasteiger partial charge is 0.508 e. The molecule has 0 bridgehead atoms. The Morgan fingerprint density at radius 1 is 1.13 bits per heavy atom. The van der Waals surface area contributed by atoms with Crippen LogP contribution >= 0.6 is 11.6 Å². The highest BCUT2D eigenvalue weighted by Crippen LogP contribution is 2.45. The maximum Gasteiger partial charge on any atom is 0.319 e. The second kappa shape index (κ2) is 11.8. The highest BCUT2D eigenvalue weighted by Gasteiger charge is 2.49. The Balaban J connectivity index is 1.40. The van der Waals surface area contributed by atoms with Crippen molar-refractivity contribution >= 4 is 39.1 Å². The maximum absolute atomic E-state index is 17.0. The number of rotatable bonds is 5. The van der Waals surface area contributed by atoms with Crippen LogP contribution in [-0.4, -0.2) is 64.5 Å². The molecule has 4 aromatic rings. The zero-order valence-corrected chi connectivity index (χ0v) is 25.8. The molecule has 0 aliphatic carbocycles. The van der Waals surface area contributed by atoms with Crippen molar-refractivity contribution < 1.29 is 23.0 Å². The van der Waals surface area contributed by atoms with E-state index in [2.05, 4.69) is 21.9 Å². The Bertz CT molecular complexity index is 1960. The van der Waals surface area contributed by atoms with Crippen molar-refractivity contribution in [1.29, 1.82) is 5.26 Å². The van der Waals surface area contributed by atoms with E-state index in [9.17, 15) is 19.1 Å². The van der Waals surface area contributed by atoms with Crippen LogP contribution in [0.25, 0.3) is 32.8 Å². The Morgan fingerprint density at radius 2 is 1.98 bits per heavy atom. The van der Waals surface area contributed by atoms with Crippen molar-refractivity contribution in [3.8, 4) is 41.3 Å². The fourth-order valence-electron chi connectivity index (χ4n) is 7.56. The lowest BCUT2D eigenvalue weighted by Gasteiger charge is -2.31. The second-order valence-electron chi connectivity index (χ2n) is 12.5. The molecule has 0 spiro atoms. The first-order chi connectivity index (χ1) is 22.2. The third-order valence-electron chi connectivity index (χ3n) is 9.75. The Morgan fingerprint density at radius 3 is 2.78 bits per heavy atom. The third-order valence-corrected chi connectivity index (χ3v) is 10.0. The molecule has 46 heavy (non-hydrogen) atoms. The van der Waals surface area contributed by atoms with Gasteiger partial charge in [-0.2, -0.15) is 15.2 Å². The van der Waals surface area contributed by atoms with E-state index in [0.717, 1.165) is 32.2 Å². The van der Waals surface area contributed by atoms with Crippen LogP contribution in [0.15, 0.2) is 30.3 Å². The summed E-state index contributed by atoms with van der Waals surface area (Å²) in [7, 11) is 0. The van der Waals surface area contributed by atoms with Gasteiger partial charge >= 0.3 is 6.01 Å². The maximum atomic E-state index is 17.0. The van der Waals surface area contributed by atoms with Crippen LogP contribution < -0.4 is 9.64 Å². The molecule has 0 radical (unpaired) electrons. The van der Waals surface area contributed by atoms with Crippen molar-refractivity contribution in [2.75, 3.05) is 37.7 Å². The molecule has 3 saturated heterocycles. The van der Waals surface area contributed by atoms with Gasteiger partial charge in [-0.25, -0.2) is 13.2 Å². The van der Waals surface area contributed by atoms with Gasteiger partial charge in [0.25, 0.3) is 0 Å². The van der Waals surface area contributed by atoms with Gasteiger partial charge in [0.2, 0.25) is 0 Å². The monoisotopic (exact) mass is 645 g/mol. The van der Waals surface area contributed by atoms with Crippen LogP contribution in [0.4, 0.5) is 19.0 Å². The van der Waals surface area contributed by atoms with Gasteiger partial charge in [-0.1, -0.05) is 23.6 Å². The quantitative estimate of drug-likeness (QED) is 0.231. The van der Waals surface area contributed by atoms with Crippen molar-refractivity contribution in [1.82, 2.24) is 14.9 Å². The molecule has 4 heterocycles. The molecular weight excluding hydrogens is 615 g/mol. The number of hydrogen-bond donors (Lipinski definition) is 1. The van der Waals surface area contributed by atoms with Gasteiger partial charge in [0.15, 0.2) is 5.82 Å². The molecule has 0 amide bonds. The normalized spacial score (nSPS) is 23.3. The van der Waals surface area contributed by atoms with Crippen LogP contribution in [0.3, 0.4) is 0 Å². The molecule has 0 saturated carbocycles. The summed E-state index contributed by atoms with van der Waals surface area (Å²) in [5.74, 6) is 1.00. The lowest BCUT2D eigenvalue weighted by molar-refractivity contribution is 0.107. The van der Waals surface area contributed by atoms with Crippen LogP contribution in [-0.2, 0) is 0 Å². The number of aromatic nitrogens is 2. The Kier molecular flexibility index (Phi) is 7.83. The second-order valence-corrected chi connectivity index (χ2v) is 12.9. The summed E-state index contributed by atoms with van der Waals surface area (Å²) in [5.41, 5.74) is -0.631. The molecule has 1 unspecified atom stereocenters. The number of phenolic OH excluding ortho intramolecular Hbond substituents is 1. The summed E-state index contributed by atoms with van der Waals surface area (Å²) < 4.78 is 52.5. The minimum atomic E-state index is -0.945. The van der Waals surface area contributed by atoms with E-state index in [0.29, 0.717) is 49.1 Å². The number of ether oxygens (including phenoxy) is 1. The number of anilines is 1. The number of hydrogen-bond acceptors (Lipinski definition) is 7. The smallest absolute Gasteiger partial charge is 0.319 e. The number of nitrogens with zero attached hydrogens (tertiary/aromatic N) is 5. The molecule has 7 nitrogen and oxygen atoms in total. The molecule has 3 aliphatic heterocycles. The van der Waals surface area contributed by atoms with Crippen LogP contribution in [0.1, 0.15) is 44.1 Å². The van der Waals surface area contributed by atoms with E-state index in [-0.39, 0.29) is 56.9 Å². The van der Waals surface area contributed by atoms with E-state index < -0.39 is 23.3 Å². The molecule has 7 rings (SSSR count). The molecule has 3 fully saturated rings. The predicted octanol–water partition coefficient (Wildman–Crippen LogP) is 7.15. The molecule has 1 aromatic heterocycles. The SMILES string of the molecule is C#Cc1c(F)ccc2cc(O)cc(-c3c(Cl)cc4c(N5CCCC(C#N)CC5)nc(OC[C@@]56CCCN5C[C@H](F)C6)nc4c3F)c12. The Hall–Kier alpha value is -4.25. The fourth-order valence-corrected chi connectivity index (χ4v) is 7.85. The summed E-state index contributed by atoms with van der Waals surface area (Å²) in [4.78, 5) is 13.4. The van der Waals surface area contributed by atoms with E-state index >= 15 is 4.39 Å². The zero-order valence-electron chi connectivity index (χ0n) is 25.0. The average molecular weight is 646 g/mol. The number of aromatic hydroxyl groups is 1. The van der Waals surface area contributed by atoms with E-state index in [4.69, 9.17) is 27.7 Å². The number of phenols is 1. The summed E-state index contributed by atoms with van der Waals surface area (Å²) >= 11 is 6.82. The number of alkyl halides is 1. The molecular formula is C35H31ClF3N5O2. The number of nitriles is 1. The average Bonchev–Trinajstić information content (AvgIpc) is 3.44. The van der Waals surface area contributed by atoms with Gasteiger partial charge in [0.1, 0.15) is 35.7 Å². The van der Waals surface area contributed by atoms with E-state index in [1.165, 1.54) is 24.3 Å². The molecule has 3 aromatic carbocycles. The first kappa shape index (κ1) is 30.4. The fraction of sp³-hybridized carbons (Fsp3) is 0.400. The van der Waals surface area contributed by atoms with Gasteiger partial charge in [0, 0.05) is 48.3 Å².